The van der Waals surface area contributed by atoms with E-state index in [-0.39, 0.29) is 5.97 Å². The number of hydrogen-bond donors (Lipinski definition) is 0. The van der Waals surface area contributed by atoms with E-state index in [1.807, 2.05) is 13.0 Å². The van der Waals surface area contributed by atoms with Gasteiger partial charge < -0.3 is 4.74 Å². The molecule has 0 bridgehead atoms. The van der Waals surface area contributed by atoms with Gasteiger partial charge in [-0.1, -0.05) is 13.3 Å². The van der Waals surface area contributed by atoms with Crippen LogP contribution in [0.3, 0.4) is 0 Å². The van der Waals surface area contributed by atoms with Gasteiger partial charge in [0.05, 0.1) is 5.56 Å². The number of carbonyl (C=O) groups excluding carboxylic acids is 1. The number of nitrogens with zero attached hydrogens (tertiary/aromatic N) is 2. The molecule has 1 aromatic heterocycles. The van der Waals surface area contributed by atoms with Gasteiger partial charge in [-0.25, -0.2) is 4.79 Å². The molecule has 19 heavy (non-hydrogen) atoms. The number of rotatable bonds is 5. The Bertz CT molecular complexity index is 414. The second-order valence-corrected chi connectivity index (χ2v) is 4.92. The van der Waals surface area contributed by atoms with Crippen LogP contribution >= 0.6 is 0 Å². The van der Waals surface area contributed by atoms with Crippen LogP contribution in [0.4, 0.5) is 0 Å². The van der Waals surface area contributed by atoms with Gasteiger partial charge in [0, 0.05) is 18.9 Å². The number of aromatic nitrogens is 1. The molecule has 1 aliphatic rings. The number of piperidine rings is 1. The van der Waals surface area contributed by atoms with Crippen molar-refractivity contribution in [3.05, 3.63) is 29.6 Å². The number of ether oxygens (including phenoxy) is 1. The van der Waals surface area contributed by atoms with Crippen molar-refractivity contribution in [2.75, 3.05) is 26.2 Å². The van der Waals surface area contributed by atoms with Gasteiger partial charge in [0.1, 0.15) is 6.61 Å². The maximum absolute atomic E-state index is 12.0. The van der Waals surface area contributed by atoms with Gasteiger partial charge in [-0.05, 0) is 44.0 Å². The monoisotopic (exact) mass is 262 g/mol. The molecule has 0 spiro atoms. The van der Waals surface area contributed by atoms with E-state index in [0.29, 0.717) is 12.2 Å². The molecule has 1 aliphatic heterocycles. The first-order valence-electron chi connectivity index (χ1n) is 7.13. The van der Waals surface area contributed by atoms with Crippen LogP contribution < -0.4 is 0 Å². The molecule has 0 aliphatic carbocycles. The third-order valence-electron chi connectivity index (χ3n) is 3.60. The van der Waals surface area contributed by atoms with Crippen LogP contribution in [0, 0.1) is 0 Å². The first-order valence-corrected chi connectivity index (χ1v) is 7.13. The van der Waals surface area contributed by atoms with Crippen LogP contribution in [-0.4, -0.2) is 42.1 Å². The molecule has 104 valence electrons. The number of likely N-dealkylation sites (tertiary alicyclic amines) is 1. The van der Waals surface area contributed by atoms with Crippen molar-refractivity contribution < 1.29 is 9.53 Å². The lowest BCUT2D eigenvalue weighted by molar-refractivity contribution is 0.0450. The van der Waals surface area contributed by atoms with Gasteiger partial charge in [-0.15, -0.1) is 0 Å². The Balaban J connectivity index is 1.80. The Morgan fingerprint density at radius 2 is 2.16 bits per heavy atom. The molecule has 0 aromatic carbocycles. The standard InChI is InChI=1S/C15H22N2O2/c1-2-13-6-7-16-12-14(13)15(18)19-11-10-17-8-4-3-5-9-17/h6-7,12H,2-5,8-11H2,1H3. The van der Waals surface area contributed by atoms with E-state index in [0.717, 1.165) is 31.6 Å². The molecule has 2 heterocycles. The Kier molecular flexibility index (Phi) is 5.33. The molecule has 0 radical (unpaired) electrons. The summed E-state index contributed by atoms with van der Waals surface area (Å²) in [4.78, 5) is 18.3. The minimum absolute atomic E-state index is 0.248. The van der Waals surface area contributed by atoms with Gasteiger partial charge in [-0.2, -0.15) is 0 Å². The van der Waals surface area contributed by atoms with Crippen LogP contribution in [0.5, 0.6) is 0 Å². The topological polar surface area (TPSA) is 42.4 Å². The summed E-state index contributed by atoms with van der Waals surface area (Å²) in [7, 11) is 0. The third kappa shape index (κ3) is 4.03. The molecule has 2 rings (SSSR count). The molecule has 0 N–H and O–H groups in total. The second kappa shape index (κ2) is 7.24. The summed E-state index contributed by atoms with van der Waals surface area (Å²) >= 11 is 0. The van der Waals surface area contributed by atoms with E-state index >= 15 is 0 Å². The third-order valence-corrected chi connectivity index (χ3v) is 3.60. The average molecular weight is 262 g/mol. The second-order valence-electron chi connectivity index (χ2n) is 4.92. The average Bonchev–Trinajstić information content (AvgIpc) is 2.48. The van der Waals surface area contributed by atoms with Crippen molar-refractivity contribution in [3.8, 4) is 0 Å². The van der Waals surface area contributed by atoms with Crippen LogP contribution in [0.25, 0.3) is 0 Å². The highest BCUT2D eigenvalue weighted by atomic mass is 16.5. The number of aryl methyl sites for hydroxylation is 1. The normalized spacial score (nSPS) is 16.3. The van der Waals surface area contributed by atoms with Crippen LogP contribution in [0.15, 0.2) is 18.5 Å². The molecule has 0 saturated carbocycles. The zero-order valence-corrected chi connectivity index (χ0v) is 11.6. The van der Waals surface area contributed by atoms with Crippen molar-refractivity contribution in [2.45, 2.75) is 32.6 Å². The predicted octanol–water partition coefficient (Wildman–Crippen LogP) is 2.29. The minimum Gasteiger partial charge on any atom is -0.461 e. The summed E-state index contributed by atoms with van der Waals surface area (Å²) in [6.45, 7) is 5.60. The van der Waals surface area contributed by atoms with Crippen molar-refractivity contribution in [1.29, 1.82) is 0 Å². The van der Waals surface area contributed by atoms with Crippen molar-refractivity contribution in [3.63, 3.8) is 0 Å². The van der Waals surface area contributed by atoms with Crippen molar-refractivity contribution >= 4 is 5.97 Å². The molecular weight excluding hydrogens is 240 g/mol. The lowest BCUT2D eigenvalue weighted by atomic mass is 10.1. The van der Waals surface area contributed by atoms with Gasteiger partial charge in [-0.3, -0.25) is 9.88 Å². The summed E-state index contributed by atoms with van der Waals surface area (Å²) in [6, 6.07) is 1.88. The highest BCUT2D eigenvalue weighted by Crippen LogP contribution is 2.10. The summed E-state index contributed by atoms with van der Waals surface area (Å²) in [6.07, 6.45) is 7.98. The van der Waals surface area contributed by atoms with Crippen molar-refractivity contribution in [2.24, 2.45) is 0 Å². The highest BCUT2D eigenvalue weighted by molar-refractivity contribution is 5.90. The zero-order valence-electron chi connectivity index (χ0n) is 11.6. The number of esters is 1. The van der Waals surface area contributed by atoms with Crippen LogP contribution in [-0.2, 0) is 11.2 Å². The smallest absolute Gasteiger partial charge is 0.340 e. The summed E-state index contributed by atoms with van der Waals surface area (Å²) in [5, 5.41) is 0. The van der Waals surface area contributed by atoms with E-state index in [9.17, 15) is 4.79 Å². The number of hydrogen-bond acceptors (Lipinski definition) is 4. The summed E-state index contributed by atoms with van der Waals surface area (Å²) in [5.74, 6) is -0.248. The maximum Gasteiger partial charge on any atom is 0.340 e. The van der Waals surface area contributed by atoms with E-state index in [1.165, 1.54) is 19.3 Å². The fraction of sp³-hybridized carbons (Fsp3) is 0.600. The zero-order chi connectivity index (χ0) is 13.5. The first-order chi connectivity index (χ1) is 9.31. The lowest BCUT2D eigenvalue weighted by Crippen LogP contribution is -2.33. The molecule has 1 fully saturated rings. The largest absolute Gasteiger partial charge is 0.461 e. The number of carbonyl (C=O) groups is 1. The van der Waals surface area contributed by atoms with Crippen LogP contribution in [0.2, 0.25) is 0 Å². The molecule has 0 unspecified atom stereocenters. The molecule has 0 amide bonds. The Labute approximate surface area is 114 Å². The Morgan fingerprint density at radius 1 is 1.37 bits per heavy atom. The summed E-state index contributed by atoms with van der Waals surface area (Å²) < 4.78 is 5.35. The van der Waals surface area contributed by atoms with Crippen molar-refractivity contribution in [1.82, 2.24) is 9.88 Å². The molecule has 4 heteroatoms. The summed E-state index contributed by atoms with van der Waals surface area (Å²) in [5.41, 5.74) is 1.60. The van der Waals surface area contributed by atoms with E-state index in [4.69, 9.17) is 4.74 Å². The predicted molar refractivity (Wildman–Crippen MR) is 74.2 cm³/mol. The minimum atomic E-state index is -0.248. The van der Waals surface area contributed by atoms with Gasteiger partial charge in [0.2, 0.25) is 0 Å². The molecule has 0 atom stereocenters. The maximum atomic E-state index is 12.0. The quantitative estimate of drug-likeness (QED) is 0.764. The van der Waals surface area contributed by atoms with E-state index in [1.54, 1.807) is 12.4 Å². The molecule has 4 nitrogen and oxygen atoms in total. The molecule has 1 aromatic rings. The van der Waals surface area contributed by atoms with E-state index < -0.39 is 0 Å². The van der Waals surface area contributed by atoms with Gasteiger partial charge in [0.15, 0.2) is 0 Å². The molecule has 1 saturated heterocycles. The molecular formula is C15H22N2O2. The highest BCUT2D eigenvalue weighted by Gasteiger charge is 2.14. The fourth-order valence-corrected chi connectivity index (χ4v) is 2.44. The SMILES string of the molecule is CCc1ccncc1C(=O)OCCN1CCCCC1. The Morgan fingerprint density at radius 3 is 2.89 bits per heavy atom. The first kappa shape index (κ1) is 14.0. The lowest BCUT2D eigenvalue weighted by Gasteiger charge is -2.25. The van der Waals surface area contributed by atoms with Gasteiger partial charge in [0.25, 0.3) is 0 Å². The number of pyridine rings is 1. The fourth-order valence-electron chi connectivity index (χ4n) is 2.44. The van der Waals surface area contributed by atoms with Crippen LogP contribution in [0.1, 0.15) is 42.1 Å². The Hall–Kier alpha value is -1.42. The van der Waals surface area contributed by atoms with E-state index in [2.05, 4.69) is 9.88 Å². The van der Waals surface area contributed by atoms with Gasteiger partial charge >= 0.3 is 5.97 Å².